The van der Waals surface area contributed by atoms with Crippen LogP contribution in [-0.4, -0.2) is 0 Å². The molecule has 3 rings (SSSR count). The van der Waals surface area contributed by atoms with Crippen LogP contribution in [0.25, 0.3) is 11.1 Å². The molecule has 0 spiro atoms. The van der Waals surface area contributed by atoms with Gasteiger partial charge in [0.15, 0.2) is 0 Å². The van der Waals surface area contributed by atoms with E-state index in [1.807, 2.05) is 31.2 Å². The molecule has 0 aliphatic carbocycles. The first-order valence-corrected chi connectivity index (χ1v) is 9.24. The van der Waals surface area contributed by atoms with Crippen LogP contribution >= 0.6 is 0 Å². The van der Waals surface area contributed by atoms with Crippen molar-refractivity contribution in [2.75, 3.05) is 5.32 Å². The van der Waals surface area contributed by atoms with Gasteiger partial charge in [-0.3, -0.25) is 0 Å². The van der Waals surface area contributed by atoms with Gasteiger partial charge in [0.2, 0.25) is 0 Å². The SMILES string of the molecule is C=C(/C=C\C=C/C)Cc1ccccc1Nc1ccccc1-c1ccccc1. The molecule has 0 fully saturated rings. The topological polar surface area (TPSA) is 12.0 Å². The van der Waals surface area contributed by atoms with E-state index in [0.717, 1.165) is 23.4 Å². The highest BCUT2D eigenvalue weighted by molar-refractivity contribution is 5.81. The third-order valence-electron chi connectivity index (χ3n) is 4.35. The Labute approximate surface area is 162 Å². The fraction of sp³-hybridized carbons (Fsp3) is 0.0769. The Morgan fingerprint density at radius 3 is 2.26 bits per heavy atom. The molecule has 1 heteroatoms. The third-order valence-corrected chi connectivity index (χ3v) is 4.35. The Morgan fingerprint density at radius 1 is 0.815 bits per heavy atom. The number of hydrogen-bond donors (Lipinski definition) is 1. The molecule has 0 bridgehead atoms. The Balaban J connectivity index is 1.86. The van der Waals surface area contributed by atoms with Crippen molar-refractivity contribution in [2.24, 2.45) is 0 Å². The normalized spacial score (nSPS) is 11.1. The average Bonchev–Trinajstić information content (AvgIpc) is 2.71. The van der Waals surface area contributed by atoms with Crippen molar-refractivity contribution in [3.63, 3.8) is 0 Å². The highest BCUT2D eigenvalue weighted by Crippen LogP contribution is 2.31. The third kappa shape index (κ3) is 5.08. The van der Waals surface area contributed by atoms with E-state index < -0.39 is 0 Å². The number of anilines is 2. The standard InChI is InChI=1S/C26H25N/c1-3-4-6-13-21(2)20-23-16-9-11-18-25(23)27-26-19-12-10-17-24(26)22-14-7-5-8-15-22/h3-19,27H,2,20H2,1H3/b4-3-,13-6-. The van der Waals surface area contributed by atoms with Gasteiger partial charge in [0.1, 0.15) is 0 Å². The second-order valence-corrected chi connectivity index (χ2v) is 6.41. The van der Waals surface area contributed by atoms with Gasteiger partial charge in [-0.1, -0.05) is 103 Å². The van der Waals surface area contributed by atoms with Crippen molar-refractivity contribution in [1.29, 1.82) is 0 Å². The van der Waals surface area contributed by atoms with Crippen LogP contribution in [0.3, 0.4) is 0 Å². The molecule has 0 saturated carbocycles. The summed E-state index contributed by atoms with van der Waals surface area (Å²) in [6, 6.07) is 27.3. The molecule has 0 atom stereocenters. The second kappa shape index (κ2) is 9.40. The molecule has 1 nitrogen and oxygen atoms in total. The van der Waals surface area contributed by atoms with Crippen molar-refractivity contribution in [2.45, 2.75) is 13.3 Å². The summed E-state index contributed by atoms with van der Waals surface area (Å²) in [5, 5.41) is 3.63. The molecule has 0 aromatic heterocycles. The van der Waals surface area contributed by atoms with E-state index in [4.69, 9.17) is 0 Å². The van der Waals surface area contributed by atoms with Crippen LogP contribution in [0.15, 0.2) is 115 Å². The quantitative estimate of drug-likeness (QED) is 0.439. The number of benzene rings is 3. The van der Waals surface area contributed by atoms with Crippen molar-refractivity contribution in [3.8, 4) is 11.1 Å². The van der Waals surface area contributed by atoms with E-state index in [9.17, 15) is 0 Å². The first-order valence-electron chi connectivity index (χ1n) is 9.24. The number of nitrogens with one attached hydrogen (secondary N) is 1. The van der Waals surface area contributed by atoms with Gasteiger partial charge in [-0.05, 0) is 36.6 Å². The number of hydrogen-bond acceptors (Lipinski definition) is 1. The van der Waals surface area contributed by atoms with E-state index in [2.05, 4.69) is 90.8 Å². The monoisotopic (exact) mass is 351 g/mol. The zero-order chi connectivity index (χ0) is 18.9. The van der Waals surface area contributed by atoms with Crippen molar-refractivity contribution < 1.29 is 0 Å². The zero-order valence-electron chi connectivity index (χ0n) is 15.7. The summed E-state index contributed by atoms with van der Waals surface area (Å²) in [7, 11) is 0. The lowest BCUT2D eigenvalue weighted by molar-refractivity contribution is 1.20. The lowest BCUT2D eigenvalue weighted by Gasteiger charge is -2.15. The van der Waals surface area contributed by atoms with Gasteiger partial charge in [0, 0.05) is 16.9 Å². The average molecular weight is 351 g/mol. The molecule has 27 heavy (non-hydrogen) atoms. The molecule has 0 unspecified atom stereocenters. The summed E-state index contributed by atoms with van der Waals surface area (Å²) in [6.45, 7) is 6.20. The Bertz CT molecular complexity index is 949. The van der Waals surface area contributed by atoms with E-state index >= 15 is 0 Å². The van der Waals surface area contributed by atoms with E-state index in [0.29, 0.717) is 0 Å². The van der Waals surface area contributed by atoms with Crippen LogP contribution in [0.1, 0.15) is 12.5 Å². The van der Waals surface area contributed by atoms with Crippen molar-refractivity contribution in [3.05, 3.63) is 121 Å². The maximum atomic E-state index is 4.19. The summed E-state index contributed by atoms with van der Waals surface area (Å²) >= 11 is 0. The van der Waals surface area contributed by atoms with Crippen LogP contribution < -0.4 is 5.32 Å². The van der Waals surface area contributed by atoms with Gasteiger partial charge in [0.05, 0.1) is 0 Å². The lowest BCUT2D eigenvalue weighted by Crippen LogP contribution is -1.98. The molecule has 0 saturated heterocycles. The van der Waals surface area contributed by atoms with Gasteiger partial charge < -0.3 is 5.32 Å². The van der Waals surface area contributed by atoms with Crippen LogP contribution in [0.2, 0.25) is 0 Å². The molecule has 3 aromatic carbocycles. The minimum atomic E-state index is 0.810. The maximum absolute atomic E-state index is 4.19. The molecule has 0 radical (unpaired) electrons. The minimum Gasteiger partial charge on any atom is -0.355 e. The fourth-order valence-corrected chi connectivity index (χ4v) is 3.01. The van der Waals surface area contributed by atoms with E-state index in [1.165, 1.54) is 16.7 Å². The Hall–Kier alpha value is -3.32. The predicted molar refractivity (Wildman–Crippen MR) is 118 cm³/mol. The summed E-state index contributed by atoms with van der Waals surface area (Å²) < 4.78 is 0. The first-order chi connectivity index (χ1) is 13.3. The predicted octanol–water partition coefficient (Wildman–Crippen LogP) is 7.33. The number of allylic oxidation sites excluding steroid dienone is 5. The van der Waals surface area contributed by atoms with Crippen LogP contribution in [0.5, 0.6) is 0 Å². The van der Waals surface area contributed by atoms with Crippen LogP contribution in [0, 0.1) is 0 Å². The highest BCUT2D eigenvalue weighted by atomic mass is 14.9. The largest absolute Gasteiger partial charge is 0.355 e. The fourth-order valence-electron chi connectivity index (χ4n) is 3.01. The van der Waals surface area contributed by atoms with Gasteiger partial charge in [0.25, 0.3) is 0 Å². The molecular formula is C26H25N. The summed E-state index contributed by atoms with van der Waals surface area (Å²) in [5.74, 6) is 0. The van der Waals surface area contributed by atoms with Gasteiger partial charge >= 0.3 is 0 Å². The molecule has 0 aliphatic rings. The lowest BCUT2D eigenvalue weighted by atomic mass is 10.0. The zero-order valence-corrected chi connectivity index (χ0v) is 15.7. The molecule has 0 heterocycles. The minimum absolute atomic E-state index is 0.810. The van der Waals surface area contributed by atoms with Gasteiger partial charge in [-0.15, -0.1) is 0 Å². The molecule has 3 aromatic rings. The summed E-state index contributed by atoms with van der Waals surface area (Å²) in [6.07, 6.45) is 8.94. The van der Waals surface area contributed by atoms with E-state index in [1.54, 1.807) is 0 Å². The molecule has 1 N–H and O–H groups in total. The van der Waals surface area contributed by atoms with Crippen LogP contribution in [0.4, 0.5) is 11.4 Å². The summed E-state index contributed by atoms with van der Waals surface area (Å²) in [5.41, 5.74) is 6.93. The molecule has 134 valence electrons. The Morgan fingerprint density at radius 2 is 1.48 bits per heavy atom. The molecule has 0 aliphatic heterocycles. The van der Waals surface area contributed by atoms with Crippen LogP contribution in [-0.2, 0) is 6.42 Å². The van der Waals surface area contributed by atoms with Crippen molar-refractivity contribution in [1.82, 2.24) is 0 Å². The smallest absolute Gasteiger partial charge is 0.0463 e. The number of para-hydroxylation sites is 2. The van der Waals surface area contributed by atoms with Gasteiger partial charge in [-0.2, -0.15) is 0 Å². The summed E-state index contributed by atoms with van der Waals surface area (Å²) in [4.78, 5) is 0. The highest BCUT2D eigenvalue weighted by Gasteiger charge is 2.07. The Kier molecular flexibility index (Phi) is 6.43. The second-order valence-electron chi connectivity index (χ2n) is 6.41. The van der Waals surface area contributed by atoms with Crippen molar-refractivity contribution >= 4 is 11.4 Å². The first kappa shape index (κ1) is 18.5. The molecular weight excluding hydrogens is 326 g/mol. The number of rotatable bonds is 7. The molecule has 0 amide bonds. The van der Waals surface area contributed by atoms with E-state index in [-0.39, 0.29) is 0 Å². The van der Waals surface area contributed by atoms with Gasteiger partial charge in [-0.25, -0.2) is 0 Å². The maximum Gasteiger partial charge on any atom is 0.0463 e.